The first-order valence-corrected chi connectivity index (χ1v) is 5.01. The quantitative estimate of drug-likeness (QED) is 0.605. The Morgan fingerprint density at radius 1 is 1.59 bits per heavy atom. The lowest BCUT2D eigenvalue weighted by atomic mass is 10.3. The normalized spacial score (nSPS) is 10.6. The summed E-state index contributed by atoms with van der Waals surface area (Å²) >= 11 is 0. The van der Waals surface area contributed by atoms with Crippen molar-refractivity contribution in [2.24, 2.45) is 5.10 Å². The van der Waals surface area contributed by atoms with Crippen LogP contribution in [-0.2, 0) is 0 Å². The molecule has 0 radical (unpaired) electrons. The van der Waals surface area contributed by atoms with Crippen molar-refractivity contribution in [3.8, 4) is 0 Å². The molecule has 0 atom stereocenters. The van der Waals surface area contributed by atoms with E-state index < -0.39 is 0 Å². The molecule has 86 valence electrons. The maximum absolute atomic E-state index is 11.5. The lowest BCUT2D eigenvalue weighted by Gasteiger charge is -1.94. The average molecular weight is 229 g/mol. The summed E-state index contributed by atoms with van der Waals surface area (Å²) in [7, 11) is 0. The second-order valence-corrected chi connectivity index (χ2v) is 3.42. The Hall–Kier alpha value is -2.50. The fraction of sp³-hybridized carbons (Fsp3) is 0.0909. The highest BCUT2D eigenvalue weighted by Gasteiger charge is 2.06. The van der Waals surface area contributed by atoms with E-state index in [0.29, 0.717) is 5.69 Å². The van der Waals surface area contributed by atoms with Gasteiger partial charge in [0.25, 0.3) is 5.91 Å². The third-order valence-corrected chi connectivity index (χ3v) is 2.00. The highest BCUT2D eigenvalue weighted by atomic mass is 16.2. The van der Waals surface area contributed by atoms with Crippen LogP contribution in [0, 0.1) is 6.92 Å². The van der Waals surface area contributed by atoms with Crippen LogP contribution in [0.1, 0.15) is 21.7 Å². The molecule has 0 fully saturated rings. The van der Waals surface area contributed by atoms with E-state index >= 15 is 0 Å². The second kappa shape index (κ2) is 5.02. The molecular formula is C11H11N5O. The monoisotopic (exact) mass is 229 g/mol. The standard InChI is InChI=1S/C11H11N5O/c1-8-5-10(15-14-8)11(17)16-13-7-9-3-2-4-12-6-9/h2-7H,1H3,(H,14,15)(H,16,17)/b13-7+. The Morgan fingerprint density at radius 3 is 3.12 bits per heavy atom. The van der Waals surface area contributed by atoms with Gasteiger partial charge in [0, 0.05) is 23.7 Å². The number of nitrogens with zero attached hydrogens (tertiary/aromatic N) is 3. The Labute approximate surface area is 97.8 Å². The zero-order chi connectivity index (χ0) is 12.1. The number of nitrogens with one attached hydrogen (secondary N) is 2. The van der Waals surface area contributed by atoms with E-state index in [0.717, 1.165) is 11.3 Å². The van der Waals surface area contributed by atoms with E-state index in [4.69, 9.17) is 0 Å². The first-order chi connectivity index (χ1) is 8.25. The third-order valence-electron chi connectivity index (χ3n) is 2.00. The van der Waals surface area contributed by atoms with Crippen LogP contribution in [0.5, 0.6) is 0 Å². The highest BCUT2D eigenvalue weighted by Crippen LogP contribution is 1.97. The van der Waals surface area contributed by atoms with Crippen LogP contribution in [-0.4, -0.2) is 27.3 Å². The van der Waals surface area contributed by atoms with Gasteiger partial charge in [0.05, 0.1) is 6.21 Å². The first-order valence-electron chi connectivity index (χ1n) is 5.01. The number of hydrogen-bond acceptors (Lipinski definition) is 4. The number of rotatable bonds is 3. The van der Waals surface area contributed by atoms with Crippen LogP contribution in [0.25, 0.3) is 0 Å². The number of amides is 1. The van der Waals surface area contributed by atoms with Crippen molar-refractivity contribution in [1.82, 2.24) is 20.6 Å². The van der Waals surface area contributed by atoms with Crippen LogP contribution in [0.4, 0.5) is 0 Å². The Bertz CT molecular complexity index is 532. The van der Waals surface area contributed by atoms with Gasteiger partial charge >= 0.3 is 0 Å². The summed E-state index contributed by atoms with van der Waals surface area (Å²) in [4.78, 5) is 15.4. The average Bonchev–Trinajstić information content (AvgIpc) is 2.77. The van der Waals surface area contributed by atoms with Gasteiger partial charge in [-0.1, -0.05) is 6.07 Å². The third kappa shape index (κ3) is 2.97. The molecule has 0 spiro atoms. The van der Waals surface area contributed by atoms with Crippen molar-refractivity contribution in [1.29, 1.82) is 0 Å². The van der Waals surface area contributed by atoms with Gasteiger partial charge < -0.3 is 0 Å². The lowest BCUT2D eigenvalue weighted by Crippen LogP contribution is -2.18. The number of hydrogen-bond donors (Lipinski definition) is 2. The number of aromatic nitrogens is 3. The van der Waals surface area contributed by atoms with Crippen LogP contribution < -0.4 is 5.43 Å². The maximum atomic E-state index is 11.5. The highest BCUT2D eigenvalue weighted by molar-refractivity contribution is 5.93. The molecule has 2 rings (SSSR count). The summed E-state index contributed by atoms with van der Waals surface area (Å²) in [5.74, 6) is -0.352. The lowest BCUT2D eigenvalue weighted by molar-refractivity contribution is 0.0950. The molecule has 0 unspecified atom stereocenters. The minimum Gasteiger partial charge on any atom is -0.282 e. The second-order valence-electron chi connectivity index (χ2n) is 3.42. The summed E-state index contributed by atoms with van der Waals surface area (Å²) < 4.78 is 0. The van der Waals surface area contributed by atoms with Gasteiger partial charge in [-0.15, -0.1) is 0 Å². The molecule has 2 aromatic rings. The molecule has 0 saturated carbocycles. The van der Waals surface area contributed by atoms with Crippen molar-refractivity contribution in [3.05, 3.63) is 47.5 Å². The van der Waals surface area contributed by atoms with Crippen molar-refractivity contribution < 1.29 is 4.79 Å². The number of aryl methyl sites for hydroxylation is 1. The van der Waals surface area contributed by atoms with Gasteiger partial charge in [0.1, 0.15) is 0 Å². The molecule has 2 N–H and O–H groups in total. The summed E-state index contributed by atoms with van der Waals surface area (Å²) in [5.41, 5.74) is 4.33. The van der Waals surface area contributed by atoms with Crippen LogP contribution >= 0.6 is 0 Å². The topological polar surface area (TPSA) is 83.0 Å². The molecule has 0 aliphatic carbocycles. The smallest absolute Gasteiger partial charge is 0.282 e. The zero-order valence-electron chi connectivity index (χ0n) is 9.21. The number of aromatic amines is 1. The van der Waals surface area contributed by atoms with Gasteiger partial charge in [-0.05, 0) is 19.1 Å². The van der Waals surface area contributed by atoms with Crippen molar-refractivity contribution in [2.75, 3.05) is 0 Å². The molecule has 0 bridgehead atoms. The number of pyridine rings is 1. The van der Waals surface area contributed by atoms with E-state index in [1.165, 1.54) is 6.21 Å². The van der Waals surface area contributed by atoms with Crippen molar-refractivity contribution in [2.45, 2.75) is 6.92 Å². The first kappa shape index (κ1) is 11.0. The molecule has 6 nitrogen and oxygen atoms in total. The summed E-state index contributed by atoms with van der Waals surface area (Å²) in [6.45, 7) is 1.82. The molecule has 0 aromatic carbocycles. The molecule has 2 heterocycles. The fourth-order valence-corrected chi connectivity index (χ4v) is 1.21. The van der Waals surface area contributed by atoms with Gasteiger partial charge in [-0.25, -0.2) is 5.43 Å². The van der Waals surface area contributed by atoms with Crippen LogP contribution in [0.3, 0.4) is 0 Å². The maximum Gasteiger partial charge on any atom is 0.291 e. The van der Waals surface area contributed by atoms with E-state index in [2.05, 4.69) is 25.7 Å². The molecule has 17 heavy (non-hydrogen) atoms. The zero-order valence-corrected chi connectivity index (χ0v) is 9.21. The predicted molar refractivity (Wildman–Crippen MR) is 62.6 cm³/mol. The minimum absolute atomic E-state index is 0.311. The Kier molecular flexibility index (Phi) is 3.25. The fourth-order valence-electron chi connectivity index (χ4n) is 1.21. The van der Waals surface area contributed by atoms with Crippen LogP contribution in [0.2, 0.25) is 0 Å². The Balaban J connectivity index is 1.95. The molecule has 0 aliphatic rings. The molecular weight excluding hydrogens is 218 g/mol. The summed E-state index contributed by atoms with van der Waals surface area (Å²) in [6, 6.07) is 5.27. The number of H-pyrrole nitrogens is 1. The van der Waals surface area contributed by atoms with Gasteiger partial charge in [-0.2, -0.15) is 10.2 Å². The molecule has 0 aliphatic heterocycles. The van der Waals surface area contributed by atoms with E-state index in [1.807, 2.05) is 13.0 Å². The van der Waals surface area contributed by atoms with Crippen molar-refractivity contribution in [3.63, 3.8) is 0 Å². The van der Waals surface area contributed by atoms with E-state index in [1.54, 1.807) is 24.5 Å². The summed E-state index contributed by atoms with van der Waals surface area (Å²) in [6.07, 6.45) is 4.83. The number of hydrazone groups is 1. The Morgan fingerprint density at radius 2 is 2.47 bits per heavy atom. The van der Waals surface area contributed by atoms with E-state index in [-0.39, 0.29) is 5.91 Å². The van der Waals surface area contributed by atoms with Gasteiger partial charge in [-0.3, -0.25) is 14.9 Å². The van der Waals surface area contributed by atoms with Gasteiger partial charge in [0.15, 0.2) is 5.69 Å². The minimum atomic E-state index is -0.352. The number of carbonyl (C=O) groups is 1. The SMILES string of the molecule is Cc1cc(C(=O)N/N=C/c2cccnc2)n[nH]1. The molecule has 0 saturated heterocycles. The largest absolute Gasteiger partial charge is 0.291 e. The van der Waals surface area contributed by atoms with Crippen molar-refractivity contribution >= 4 is 12.1 Å². The predicted octanol–water partition coefficient (Wildman–Crippen LogP) is 0.877. The number of carbonyl (C=O) groups excluding carboxylic acids is 1. The summed E-state index contributed by atoms with van der Waals surface area (Å²) in [5, 5.41) is 10.3. The van der Waals surface area contributed by atoms with Crippen LogP contribution in [0.15, 0.2) is 35.7 Å². The molecule has 1 amide bonds. The molecule has 2 aromatic heterocycles. The molecule has 6 heteroatoms. The van der Waals surface area contributed by atoms with Gasteiger partial charge in [0.2, 0.25) is 0 Å². The van der Waals surface area contributed by atoms with E-state index in [9.17, 15) is 4.79 Å².